The molecule has 0 spiro atoms. The van der Waals surface area contributed by atoms with Crippen LogP contribution in [0.2, 0.25) is 0 Å². The van der Waals surface area contributed by atoms with Gasteiger partial charge in [0.2, 0.25) is 0 Å². The van der Waals surface area contributed by atoms with E-state index in [2.05, 4.69) is 20.5 Å². The third-order valence-corrected chi connectivity index (χ3v) is 9.78. The number of hydrogen-bond acceptors (Lipinski definition) is 7. The van der Waals surface area contributed by atoms with Crippen molar-refractivity contribution in [1.29, 1.82) is 0 Å². The summed E-state index contributed by atoms with van der Waals surface area (Å²) >= 11 is 0. The Labute approximate surface area is 295 Å². The molecule has 2 aromatic heterocycles. The number of para-hydroxylation sites is 1. The molecule has 0 bridgehead atoms. The molecule has 4 aromatic rings. The Hall–Kier alpha value is -4.85. The Bertz CT molecular complexity index is 1980. The number of carbonyl (C=O) groups is 3. The minimum atomic E-state index is -0.985. The van der Waals surface area contributed by atoms with E-state index in [9.17, 15) is 23.9 Å². The van der Waals surface area contributed by atoms with Gasteiger partial charge in [0.15, 0.2) is 5.82 Å². The molecule has 7 rings (SSSR count). The first-order chi connectivity index (χ1) is 24.4. The Balaban J connectivity index is 1.18. The number of alkyl halides is 1. The van der Waals surface area contributed by atoms with Crippen molar-refractivity contribution >= 4 is 40.0 Å². The van der Waals surface area contributed by atoms with Crippen molar-refractivity contribution in [3.8, 4) is 17.3 Å². The molecule has 2 aromatic carbocycles. The van der Waals surface area contributed by atoms with Crippen LogP contribution >= 0.6 is 0 Å². The van der Waals surface area contributed by atoms with E-state index in [1.165, 1.54) is 4.90 Å². The van der Waals surface area contributed by atoms with E-state index in [-0.39, 0.29) is 25.7 Å². The maximum Gasteiger partial charge on any atom is 0.408 e. The summed E-state index contributed by atoms with van der Waals surface area (Å²) < 4.78 is 35.5. The molecular formula is C37H45FN6O7. The minimum Gasteiger partial charge on any atom is -0.489 e. The number of aryl methyl sites for hydroxylation is 1. The van der Waals surface area contributed by atoms with Gasteiger partial charge in [0, 0.05) is 44.2 Å². The van der Waals surface area contributed by atoms with E-state index in [0.29, 0.717) is 48.9 Å². The molecule has 51 heavy (non-hydrogen) atoms. The fourth-order valence-corrected chi connectivity index (χ4v) is 7.06. The predicted octanol–water partition coefficient (Wildman–Crippen LogP) is 5.22. The van der Waals surface area contributed by atoms with Crippen molar-refractivity contribution in [3.05, 3.63) is 47.5 Å². The molecule has 1 aliphatic carbocycles. The van der Waals surface area contributed by atoms with Crippen LogP contribution in [-0.2, 0) is 29.5 Å². The molecule has 0 radical (unpaired) electrons. The van der Waals surface area contributed by atoms with Crippen LogP contribution in [0.1, 0.15) is 49.5 Å². The van der Waals surface area contributed by atoms with Gasteiger partial charge in [-0.1, -0.05) is 12.1 Å². The standard InChI is InChI=1S/C37H45FN6O7/c1-37(2,3)51-35(46)39-25(17-38)19-42-11-10-23-14-29-28(16-27(23)34(42)45)40-33(41(29)4)30-15-24-6-5-7-31(32(24)44(30)18-22-8-9-22)50-21-26-20-49-13-12-43(26)36(47)48/h5-7,14-16,22,25-26H,8-13,17-21H2,1-4H3,(H,39,46)(H,47,48)/t25?,26-/m0/s1. The number of ether oxygens (including phenoxy) is 3. The third kappa shape index (κ3) is 7.19. The summed E-state index contributed by atoms with van der Waals surface area (Å²) in [6, 6.07) is 10.5. The summed E-state index contributed by atoms with van der Waals surface area (Å²) in [6.45, 7) is 6.68. The van der Waals surface area contributed by atoms with Crippen molar-refractivity contribution in [2.75, 3.05) is 46.1 Å². The van der Waals surface area contributed by atoms with Crippen LogP contribution in [0.15, 0.2) is 36.4 Å². The lowest BCUT2D eigenvalue weighted by atomic mass is 9.97. The number of halogens is 1. The Morgan fingerprint density at radius 3 is 2.71 bits per heavy atom. The lowest BCUT2D eigenvalue weighted by Gasteiger charge is -2.33. The normalized spacial score (nSPS) is 18.6. The average molecular weight is 705 g/mol. The highest BCUT2D eigenvalue weighted by Crippen LogP contribution is 2.39. The van der Waals surface area contributed by atoms with Crippen molar-refractivity contribution < 1.29 is 38.1 Å². The molecule has 1 unspecified atom stereocenters. The van der Waals surface area contributed by atoms with Gasteiger partial charge in [0.05, 0.1) is 47.5 Å². The summed E-state index contributed by atoms with van der Waals surface area (Å²) in [6.07, 6.45) is 1.15. The van der Waals surface area contributed by atoms with Crippen LogP contribution in [0.3, 0.4) is 0 Å². The molecule has 1 saturated heterocycles. The number of benzene rings is 2. The number of imidazole rings is 1. The second kappa shape index (κ2) is 13.7. The van der Waals surface area contributed by atoms with Crippen molar-refractivity contribution in [2.24, 2.45) is 13.0 Å². The zero-order chi connectivity index (χ0) is 36.0. The first-order valence-corrected chi connectivity index (χ1v) is 17.6. The molecule has 272 valence electrons. The van der Waals surface area contributed by atoms with Gasteiger partial charge in [-0.15, -0.1) is 0 Å². The summed E-state index contributed by atoms with van der Waals surface area (Å²) in [5.74, 6) is 1.72. The maximum atomic E-state index is 14.0. The number of nitrogens with one attached hydrogen (secondary N) is 1. The molecule has 3 amide bonds. The van der Waals surface area contributed by atoms with E-state index in [4.69, 9.17) is 19.2 Å². The monoisotopic (exact) mass is 704 g/mol. The largest absolute Gasteiger partial charge is 0.489 e. The van der Waals surface area contributed by atoms with E-state index >= 15 is 0 Å². The van der Waals surface area contributed by atoms with Gasteiger partial charge in [-0.3, -0.25) is 9.69 Å². The molecule has 13 nitrogen and oxygen atoms in total. The van der Waals surface area contributed by atoms with Crippen LogP contribution in [0, 0.1) is 5.92 Å². The number of nitrogens with zero attached hydrogens (tertiary/aromatic N) is 5. The average Bonchev–Trinajstić information content (AvgIpc) is 3.76. The van der Waals surface area contributed by atoms with Gasteiger partial charge in [0.25, 0.3) is 5.91 Å². The van der Waals surface area contributed by atoms with E-state index in [0.717, 1.165) is 52.9 Å². The first kappa shape index (κ1) is 34.6. The Morgan fingerprint density at radius 2 is 1.98 bits per heavy atom. The van der Waals surface area contributed by atoms with Crippen LogP contribution in [0.5, 0.6) is 5.75 Å². The van der Waals surface area contributed by atoms with Gasteiger partial charge < -0.3 is 38.7 Å². The molecular weight excluding hydrogens is 659 g/mol. The van der Waals surface area contributed by atoms with E-state index in [1.54, 1.807) is 25.7 Å². The quantitative estimate of drug-likeness (QED) is 0.229. The SMILES string of the molecule is Cn1c(-c2cc3cccc(OC[C@@H]4COCCN4C(=O)O)c3n2CC2CC2)nc2cc3c(cc21)CCN(CC(CF)NC(=O)OC(C)(C)C)C3=O. The fraction of sp³-hybridized carbons (Fsp3) is 0.514. The predicted molar refractivity (Wildman–Crippen MR) is 188 cm³/mol. The number of hydrogen-bond donors (Lipinski definition) is 2. The summed E-state index contributed by atoms with van der Waals surface area (Å²) in [5.41, 5.74) is 4.10. The molecule has 2 atom stereocenters. The molecule has 2 fully saturated rings. The smallest absolute Gasteiger partial charge is 0.408 e. The number of alkyl carbamates (subject to hydrolysis) is 1. The van der Waals surface area contributed by atoms with Gasteiger partial charge in [-0.2, -0.15) is 0 Å². The Morgan fingerprint density at radius 1 is 1.18 bits per heavy atom. The third-order valence-electron chi connectivity index (χ3n) is 9.78. The lowest BCUT2D eigenvalue weighted by Crippen LogP contribution is -2.50. The van der Waals surface area contributed by atoms with Gasteiger partial charge in [-0.25, -0.2) is 19.0 Å². The number of carboxylic acid groups (broad SMARTS) is 1. The molecule has 2 N–H and O–H groups in total. The van der Waals surface area contributed by atoms with Gasteiger partial charge in [0.1, 0.15) is 24.6 Å². The molecule has 1 saturated carbocycles. The second-order valence-corrected chi connectivity index (χ2v) is 14.8. The Kier molecular flexibility index (Phi) is 9.29. The van der Waals surface area contributed by atoms with E-state index in [1.807, 2.05) is 37.4 Å². The second-order valence-electron chi connectivity index (χ2n) is 14.8. The maximum absolute atomic E-state index is 14.0. The first-order valence-electron chi connectivity index (χ1n) is 17.6. The van der Waals surface area contributed by atoms with Gasteiger partial charge in [-0.05, 0) is 75.8 Å². The van der Waals surface area contributed by atoms with Crippen LogP contribution < -0.4 is 10.1 Å². The summed E-state index contributed by atoms with van der Waals surface area (Å²) in [5, 5.41) is 13.2. The number of carbonyl (C=O) groups excluding carboxylic acids is 2. The summed E-state index contributed by atoms with van der Waals surface area (Å²) in [7, 11) is 1.97. The topological polar surface area (TPSA) is 140 Å². The van der Waals surface area contributed by atoms with E-state index < -0.39 is 36.5 Å². The van der Waals surface area contributed by atoms with Crippen LogP contribution in [0.4, 0.5) is 14.0 Å². The molecule has 3 aliphatic rings. The van der Waals surface area contributed by atoms with Crippen molar-refractivity contribution in [3.63, 3.8) is 0 Å². The number of aromatic nitrogens is 3. The lowest BCUT2D eigenvalue weighted by molar-refractivity contribution is -0.0147. The number of fused-ring (bicyclic) bond motifs is 3. The van der Waals surface area contributed by atoms with Gasteiger partial charge >= 0.3 is 12.2 Å². The zero-order valence-electron chi connectivity index (χ0n) is 29.5. The highest BCUT2D eigenvalue weighted by molar-refractivity contribution is 6.01. The summed E-state index contributed by atoms with van der Waals surface area (Å²) in [4.78, 5) is 45.9. The molecule has 4 heterocycles. The number of rotatable bonds is 10. The minimum absolute atomic E-state index is 0.0211. The highest BCUT2D eigenvalue weighted by Gasteiger charge is 2.32. The van der Waals surface area contributed by atoms with Crippen LogP contribution in [0.25, 0.3) is 33.5 Å². The van der Waals surface area contributed by atoms with Crippen LogP contribution in [-0.4, -0.2) is 111 Å². The van der Waals surface area contributed by atoms with Crippen molar-refractivity contribution in [1.82, 2.24) is 29.2 Å². The zero-order valence-corrected chi connectivity index (χ0v) is 29.5. The highest BCUT2D eigenvalue weighted by atomic mass is 19.1. The molecule has 14 heteroatoms. The fourth-order valence-electron chi connectivity index (χ4n) is 7.06. The number of morpholine rings is 1. The number of amides is 3. The molecule has 2 aliphatic heterocycles. The van der Waals surface area contributed by atoms with Crippen molar-refractivity contribution in [2.45, 2.75) is 64.3 Å².